The summed E-state index contributed by atoms with van der Waals surface area (Å²) in [6.45, 7) is 0. The number of nitrogens with zero attached hydrogens (tertiary/aromatic N) is 2. The molecule has 4 rings (SSSR count). The van der Waals surface area contributed by atoms with Gasteiger partial charge in [-0.2, -0.15) is 13.2 Å². The quantitative estimate of drug-likeness (QED) is 0.572. The fraction of sp³-hybridized carbons (Fsp3) is 0.318. The minimum atomic E-state index is -4.72. The van der Waals surface area contributed by atoms with E-state index in [1.54, 1.807) is 12.1 Å². The summed E-state index contributed by atoms with van der Waals surface area (Å²) in [5, 5.41) is 12.8. The molecule has 0 aliphatic heterocycles. The molecule has 2 aromatic heterocycles. The van der Waals surface area contributed by atoms with Gasteiger partial charge in [0, 0.05) is 17.3 Å². The van der Waals surface area contributed by atoms with Crippen molar-refractivity contribution in [3.63, 3.8) is 0 Å². The van der Waals surface area contributed by atoms with Crippen LogP contribution < -0.4 is 11.1 Å². The normalized spacial score (nSPS) is 19.1. The smallest absolute Gasteiger partial charge is 0.391 e. The van der Waals surface area contributed by atoms with E-state index in [0.717, 1.165) is 31.0 Å². The predicted molar refractivity (Wildman–Crippen MR) is 110 cm³/mol. The Hall–Kier alpha value is -3.40. The highest BCUT2D eigenvalue weighted by molar-refractivity contribution is 5.98. The summed E-state index contributed by atoms with van der Waals surface area (Å²) >= 11 is 0. The summed E-state index contributed by atoms with van der Waals surface area (Å²) in [6, 6.07) is 7.25. The molecule has 1 fully saturated rings. The van der Waals surface area contributed by atoms with Gasteiger partial charge in [-0.3, -0.25) is 14.0 Å². The molecule has 32 heavy (non-hydrogen) atoms. The third kappa shape index (κ3) is 4.05. The largest absolute Gasteiger partial charge is 0.417 e. The Morgan fingerprint density at radius 1 is 1.16 bits per heavy atom. The van der Waals surface area contributed by atoms with Crippen molar-refractivity contribution in [2.24, 2.45) is 5.73 Å². The highest BCUT2D eigenvalue weighted by Crippen LogP contribution is 2.39. The number of hydrogen-bond donors (Lipinski definition) is 3. The van der Waals surface area contributed by atoms with Crippen molar-refractivity contribution in [2.75, 3.05) is 0 Å². The first-order valence-electron chi connectivity index (χ1n) is 10.1. The summed E-state index contributed by atoms with van der Waals surface area (Å²) in [6.07, 6.45) is -1.10. The van der Waals surface area contributed by atoms with E-state index in [1.165, 1.54) is 16.7 Å². The SMILES string of the molecule is NC(=O)c1nc(-c2cc(C(=O)N[C@H]3CCCC[C@@H]3O)ccc2C(F)(F)F)c2ccccn12. The van der Waals surface area contributed by atoms with Gasteiger partial charge in [0.05, 0.1) is 28.9 Å². The number of aliphatic hydroxyl groups is 1. The van der Waals surface area contributed by atoms with E-state index in [4.69, 9.17) is 5.73 Å². The number of aromatic nitrogens is 2. The molecule has 4 N–H and O–H groups in total. The maximum Gasteiger partial charge on any atom is 0.417 e. The van der Waals surface area contributed by atoms with Crippen LogP contribution in [0.3, 0.4) is 0 Å². The average Bonchev–Trinajstić information content (AvgIpc) is 3.14. The Balaban J connectivity index is 1.82. The van der Waals surface area contributed by atoms with Crippen molar-refractivity contribution in [3.8, 4) is 11.3 Å². The fourth-order valence-electron chi connectivity index (χ4n) is 4.07. The maximum atomic E-state index is 13.8. The average molecular weight is 446 g/mol. The molecule has 168 valence electrons. The third-order valence-electron chi connectivity index (χ3n) is 5.66. The molecule has 7 nitrogen and oxygen atoms in total. The highest BCUT2D eigenvalue weighted by atomic mass is 19.4. The number of rotatable bonds is 4. The van der Waals surface area contributed by atoms with Crippen LogP contribution in [0.25, 0.3) is 16.8 Å². The Labute approximate surface area is 181 Å². The zero-order valence-electron chi connectivity index (χ0n) is 16.9. The summed E-state index contributed by atoms with van der Waals surface area (Å²) in [5.41, 5.74) is 4.14. The number of nitrogens with two attached hydrogens (primary N) is 1. The maximum absolute atomic E-state index is 13.8. The molecule has 0 unspecified atom stereocenters. The van der Waals surface area contributed by atoms with E-state index < -0.39 is 35.7 Å². The van der Waals surface area contributed by atoms with E-state index in [-0.39, 0.29) is 28.2 Å². The van der Waals surface area contributed by atoms with Gasteiger partial charge in [0.25, 0.3) is 11.8 Å². The molecule has 10 heteroatoms. The molecule has 0 spiro atoms. The molecular formula is C22H21F3N4O3. The number of primary amides is 1. The van der Waals surface area contributed by atoms with Gasteiger partial charge in [-0.1, -0.05) is 18.9 Å². The van der Waals surface area contributed by atoms with Crippen LogP contribution in [0.1, 0.15) is 52.2 Å². The number of hydrogen-bond acceptors (Lipinski definition) is 4. The molecule has 2 heterocycles. The molecular weight excluding hydrogens is 425 g/mol. The number of benzene rings is 1. The lowest BCUT2D eigenvalue weighted by molar-refractivity contribution is -0.137. The van der Waals surface area contributed by atoms with Crippen molar-refractivity contribution >= 4 is 17.3 Å². The standard InChI is InChI=1S/C22H21F3N4O3/c23-22(24,25)14-9-8-12(21(32)27-15-5-1-2-7-17(15)30)11-13(14)18-16-6-3-4-10-29(16)20(28-18)19(26)31/h3-4,6,8-11,15,17,30H,1-2,5,7H2,(H2,26,31)(H,27,32)/t15-,17-/m0/s1. The Kier molecular flexibility index (Phi) is 5.64. The van der Waals surface area contributed by atoms with Gasteiger partial charge >= 0.3 is 6.18 Å². The second-order valence-electron chi connectivity index (χ2n) is 7.79. The number of carbonyl (C=O) groups is 2. The second-order valence-corrected chi connectivity index (χ2v) is 7.79. The summed E-state index contributed by atoms with van der Waals surface area (Å²) in [7, 11) is 0. The van der Waals surface area contributed by atoms with Crippen molar-refractivity contribution < 1.29 is 27.9 Å². The zero-order valence-corrected chi connectivity index (χ0v) is 16.9. The zero-order chi connectivity index (χ0) is 23.0. The first-order chi connectivity index (χ1) is 15.2. The molecule has 1 aliphatic rings. The summed E-state index contributed by atoms with van der Waals surface area (Å²) in [5.74, 6) is -1.71. The van der Waals surface area contributed by atoms with Crippen LogP contribution in [0.4, 0.5) is 13.2 Å². The van der Waals surface area contributed by atoms with Crippen LogP contribution in [0.5, 0.6) is 0 Å². The Bertz CT molecular complexity index is 1190. The first-order valence-corrected chi connectivity index (χ1v) is 10.1. The van der Waals surface area contributed by atoms with Gasteiger partial charge in [0.1, 0.15) is 0 Å². The van der Waals surface area contributed by atoms with Crippen molar-refractivity contribution in [1.29, 1.82) is 0 Å². The van der Waals surface area contributed by atoms with Gasteiger partial charge in [-0.05, 0) is 43.2 Å². The van der Waals surface area contributed by atoms with Gasteiger partial charge < -0.3 is 16.2 Å². The van der Waals surface area contributed by atoms with Gasteiger partial charge in [0.15, 0.2) is 0 Å². The first kappa shape index (κ1) is 21.8. The van der Waals surface area contributed by atoms with Crippen LogP contribution in [0.15, 0.2) is 42.6 Å². The Morgan fingerprint density at radius 2 is 1.91 bits per heavy atom. The molecule has 0 saturated heterocycles. The van der Waals surface area contributed by atoms with E-state index in [2.05, 4.69) is 10.3 Å². The number of alkyl halides is 3. The number of aliphatic hydroxyl groups excluding tert-OH is 1. The minimum absolute atomic E-state index is 0.0107. The Morgan fingerprint density at radius 3 is 2.59 bits per heavy atom. The van der Waals surface area contributed by atoms with Crippen molar-refractivity contribution in [2.45, 2.75) is 44.0 Å². The number of fused-ring (bicyclic) bond motifs is 1. The van der Waals surface area contributed by atoms with Gasteiger partial charge in [-0.15, -0.1) is 0 Å². The van der Waals surface area contributed by atoms with E-state index in [9.17, 15) is 27.9 Å². The number of nitrogens with one attached hydrogen (secondary N) is 1. The van der Waals surface area contributed by atoms with Crippen LogP contribution in [0.2, 0.25) is 0 Å². The number of pyridine rings is 1. The number of carbonyl (C=O) groups excluding carboxylic acids is 2. The van der Waals surface area contributed by atoms with Crippen molar-refractivity contribution in [1.82, 2.24) is 14.7 Å². The lowest BCUT2D eigenvalue weighted by Crippen LogP contribution is -2.45. The molecule has 1 aromatic carbocycles. The number of halogens is 3. The fourth-order valence-corrected chi connectivity index (χ4v) is 4.07. The van der Waals surface area contributed by atoms with Gasteiger partial charge in [-0.25, -0.2) is 4.98 Å². The summed E-state index contributed by atoms with van der Waals surface area (Å²) in [4.78, 5) is 28.7. The lowest BCUT2D eigenvalue weighted by Gasteiger charge is -2.28. The monoisotopic (exact) mass is 446 g/mol. The molecule has 2 amide bonds. The van der Waals surface area contributed by atoms with Crippen LogP contribution in [-0.4, -0.2) is 38.5 Å². The van der Waals surface area contributed by atoms with E-state index in [0.29, 0.717) is 12.8 Å². The van der Waals surface area contributed by atoms with Gasteiger partial charge in [0.2, 0.25) is 5.82 Å². The third-order valence-corrected chi connectivity index (χ3v) is 5.66. The molecule has 1 saturated carbocycles. The second kappa shape index (κ2) is 8.27. The molecule has 3 aromatic rings. The van der Waals surface area contributed by atoms with Crippen molar-refractivity contribution in [3.05, 3.63) is 59.5 Å². The highest BCUT2D eigenvalue weighted by Gasteiger charge is 2.36. The number of imidazole rings is 1. The number of amides is 2. The van der Waals surface area contributed by atoms with E-state index >= 15 is 0 Å². The van der Waals surface area contributed by atoms with E-state index in [1.807, 2.05) is 0 Å². The molecule has 1 aliphatic carbocycles. The summed E-state index contributed by atoms with van der Waals surface area (Å²) < 4.78 is 42.7. The topological polar surface area (TPSA) is 110 Å². The van der Waals surface area contributed by atoms with Crippen LogP contribution in [-0.2, 0) is 6.18 Å². The molecule has 2 atom stereocenters. The lowest BCUT2D eigenvalue weighted by atomic mass is 9.92. The predicted octanol–water partition coefficient (Wildman–Crippen LogP) is 3.15. The minimum Gasteiger partial charge on any atom is -0.391 e. The van der Waals surface area contributed by atoms with Crippen LogP contribution in [0, 0.1) is 0 Å². The molecule has 0 bridgehead atoms. The molecule has 0 radical (unpaired) electrons. The van der Waals surface area contributed by atoms with Crippen LogP contribution >= 0.6 is 0 Å².